The van der Waals surface area contributed by atoms with E-state index in [4.69, 9.17) is 9.72 Å². The minimum Gasteiger partial charge on any atom is -0.380 e. The van der Waals surface area contributed by atoms with Crippen molar-refractivity contribution in [3.8, 4) is 11.5 Å². The Morgan fingerprint density at radius 3 is 2.74 bits per heavy atom. The molecule has 23 heavy (non-hydrogen) atoms. The molecule has 2 aromatic heterocycles. The lowest BCUT2D eigenvalue weighted by atomic mass is 10.1. The molecule has 1 aliphatic carbocycles. The van der Waals surface area contributed by atoms with Gasteiger partial charge in [0.15, 0.2) is 11.6 Å². The first-order chi connectivity index (χ1) is 11.1. The summed E-state index contributed by atoms with van der Waals surface area (Å²) in [7, 11) is 2.02. The van der Waals surface area contributed by atoms with Crippen LogP contribution in [-0.2, 0) is 24.8 Å². The Hall–Kier alpha value is -1.69. The van der Waals surface area contributed by atoms with Gasteiger partial charge in [0.2, 0.25) is 0 Å². The van der Waals surface area contributed by atoms with Crippen molar-refractivity contribution in [1.29, 1.82) is 0 Å². The number of ether oxygens (including phenoxy) is 1. The van der Waals surface area contributed by atoms with Gasteiger partial charge in [-0.3, -0.25) is 4.68 Å². The molecule has 0 amide bonds. The first-order valence-electron chi connectivity index (χ1n) is 8.64. The lowest BCUT2D eigenvalue weighted by molar-refractivity contribution is 0.136. The van der Waals surface area contributed by atoms with Gasteiger partial charge in [0.25, 0.3) is 0 Å². The van der Waals surface area contributed by atoms with Crippen molar-refractivity contribution in [3.63, 3.8) is 0 Å². The zero-order valence-corrected chi connectivity index (χ0v) is 14.6. The van der Waals surface area contributed by atoms with Gasteiger partial charge >= 0.3 is 0 Å². The summed E-state index contributed by atoms with van der Waals surface area (Å²) in [6.45, 7) is 8.46. The van der Waals surface area contributed by atoms with Crippen LogP contribution in [0, 0.1) is 5.92 Å². The molecule has 0 unspecified atom stereocenters. The normalized spacial score (nSPS) is 14.8. The summed E-state index contributed by atoms with van der Waals surface area (Å²) in [5.74, 6) is 2.97. The van der Waals surface area contributed by atoms with Crippen LogP contribution in [0.15, 0.2) is 6.07 Å². The molecule has 0 bridgehead atoms. The van der Waals surface area contributed by atoms with E-state index in [0.717, 1.165) is 30.4 Å². The summed E-state index contributed by atoms with van der Waals surface area (Å²) in [4.78, 5) is 4.75. The molecule has 1 fully saturated rings. The van der Waals surface area contributed by atoms with Gasteiger partial charge in [0, 0.05) is 31.7 Å². The molecule has 0 N–H and O–H groups in total. The monoisotopic (exact) mass is 317 g/mol. The SMILES string of the molecule is CCOCCn1nc(CC(C)C)nc1-c1cc(C2CC2)n(C)n1. The molecule has 6 nitrogen and oxygen atoms in total. The highest BCUT2D eigenvalue weighted by atomic mass is 16.5. The number of aromatic nitrogens is 5. The summed E-state index contributed by atoms with van der Waals surface area (Å²) in [6.07, 6.45) is 3.43. The minimum atomic E-state index is 0.538. The van der Waals surface area contributed by atoms with Crippen LogP contribution in [0.1, 0.15) is 51.0 Å². The zero-order chi connectivity index (χ0) is 16.4. The largest absolute Gasteiger partial charge is 0.380 e. The first kappa shape index (κ1) is 16.2. The van der Waals surface area contributed by atoms with Gasteiger partial charge < -0.3 is 4.74 Å². The summed E-state index contributed by atoms with van der Waals surface area (Å²) < 4.78 is 9.43. The maximum absolute atomic E-state index is 5.48. The number of nitrogens with zero attached hydrogens (tertiary/aromatic N) is 5. The lowest BCUT2D eigenvalue weighted by Gasteiger charge is -2.04. The molecule has 3 rings (SSSR count). The molecule has 0 aromatic carbocycles. The van der Waals surface area contributed by atoms with Gasteiger partial charge in [-0.2, -0.15) is 10.2 Å². The second-order valence-corrected chi connectivity index (χ2v) is 6.72. The van der Waals surface area contributed by atoms with Crippen molar-refractivity contribution in [2.75, 3.05) is 13.2 Å². The van der Waals surface area contributed by atoms with Gasteiger partial charge in [-0.15, -0.1) is 0 Å². The predicted molar refractivity (Wildman–Crippen MR) is 89.2 cm³/mol. The quantitative estimate of drug-likeness (QED) is 0.703. The molecule has 0 radical (unpaired) electrons. The van der Waals surface area contributed by atoms with Crippen molar-refractivity contribution in [1.82, 2.24) is 24.5 Å². The maximum Gasteiger partial charge on any atom is 0.179 e. The molecule has 2 aromatic rings. The van der Waals surface area contributed by atoms with E-state index < -0.39 is 0 Å². The van der Waals surface area contributed by atoms with Crippen LogP contribution < -0.4 is 0 Å². The average Bonchev–Trinajstić information content (AvgIpc) is 3.15. The smallest absolute Gasteiger partial charge is 0.179 e. The van der Waals surface area contributed by atoms with E-state index in [1.807, 2.05) is 23.3 Å². The molecule has 6 heteroatoms. The molecule has 1 aliphatic rings. The molecule has 1 saturated carbocycles. The Morgan fingerprint density at radius 1 is 1.30 bits per heavy atom. The Morgan fingerprint density at radius 2 is 2.09 bits per heavy atom. The molecule has 0 atom stereocenters. The molecule has 126 valence electrons. The molecular formula is C17H27N5O. The fourth-order valence-electron chi connectivity index (χ4n) is 2.83. The third-order valence-electron chi connectivity index (χ3n) is 4.10. The van der Waals surface area contributed by atoms with Gasteiger partial charge in [0.05, 0.1) is 13.2 Å². The fourth-order valence-corrected chi connectivity index (χ4v) is 2.83. The maximum atomic E-state index is 5.48. The predicted octanol–water partition coefficient (Wildman–Crippen LogP) is 2.79. The lowest BCUT2D eigenvalue weighted by Crippen LogP contribution is -2.09. The van der Waals surface area contributed by atoms with E-state index in [1.165, 1.54) is 18.5 Å². The van der Waals surface area contributed by atoms with Crippen LogP contribution in [0.5, 0.6) is 0 Å². The highest BCUT2D eigenvalue weighted by Gasteiger charge is 2.28. The number of rotatable bonds is 8. The van der Waals surface area contributed by atoms with E-state index in [9.17, 15) is 0 Å². The second-order valence-electron chi connectivity index (χ2n) is 6.72. The summed E-state index contributed by atoms with van der Waals surface area (Å²) in [6, 6.07) is 2.18. The molecular weight excluding hydrogens is 290 g/mol. The van der Waals surface area contributed by atoms with Gasteiger partial charge in [-0.05, 0) is 31.7 Å². The van der Waals surface area contributed by atoms with Crippen LogP contribution in [0.4, 0.5) is 0 Å². The average molecular weight is 317 g/mol. The molecule has 0 saturated heterocycles. The van der Waals surface area contributed by atoms with E-state index in [1.54, 1.807) is 0 Å². The van der Waals surface area contributed by atoms with Gasteiger partial charge in [-0.25, -0.2) is 9.67 Å². The van der Waals surface area contributed by atoms with E-state index >= 15 is 0 Å². The van der Waals surface area contributed by atoms with Crippen molar-refractivity contribution >= 4 is 0 Å². The number of aryl methyl sites for hydroxylation is 1. The number of hydrogen-bond acceptors (Lipinski definition) is 4. The Kier molecular flexibility index (Phi) is 4.80. The Labute approximate surface area is 137 Å². The fraction of sp³-hybridized carbons (Fsp3) is 0.706. The first-order valence-corrected chi connectivity index (χ1v) is 8.64. The Balaban J connectivity index is 1.88. The van der Waals surface area contributed by atoms with Crippen molar-refractivity contribution < 1.29 is 4.74 Å². The highest BCUT2D eigenvalue weighted by molar-refractivity contribution is 5.51. The van der Waals surface area contributed by atoms with E-state index in [-0.39, 0.29) is 0 Å². The third-order valence-corrected chi connectivity index (χ3v) is 4.10. The van der Waals surface area contributed by atoms with Crippen LogP contribution in [0.25, 0.3) is 11.5 Å². The van der Waals surface area contributed by atoms with E-state index in [2.05, 4.69) is 30.1 Å². The van der Waals surface area contributed by atoms with Crippen LogP contribution >= 0.6 is 0 Å². The summed E-state index contributed by atoms with van der Waals surface area (Å²) in [5.41, 5.74) is 2.23. The summed E-state index contributed by atoms with van der Waals surface area (Å²) in [5, 5.41) is 9.35. The molecule has 2 heterocycles. The standard InChI is InChI=1S/C17H27N5O/c1-5-23-9-8-22-17(18-16(20-22)10-12(2)3)14-11-15(13-6-7-13)21(4)19-14/h11-13H,5-10H2,1-4H3. The minimum absolute atomic E-state index is 0.538. The van der Waals surface area contributed by atoms with Crippen molar-refractivity contribution in [3.05, 3.63) is 17.6 Å². The van der Waals surface area contributed by atoms with Gasteiger partial charge in [-0.1, -0.05) is 13.8 Å². The highest BCUT2D eigenvalue weighted by Crippen LogP contribution is 2.40. The summed E-state index contributed by atoms with van der Waals surface area (Å²) >= 11 is 0. The van der Waals surface area contributed by atoms with Crippen LogP contribution in [0.3, 0.4) is 0 Å². The zero-order valence-electron chi connectivity index (χ0n) is 14.6. The third kappa shape index (κ3) is 3.80. The second kappa shape index (κ2) is 6.83. The van der Waals surface area contributed by atoms with Crippen LogP contribution in [-0.4, -0.2) is 37.8 Å². The van der Waals surface area contributed by atoms with Crippen molar-refractivity contribution in [2.24, 2.45) is 13.0 Å². The van der Waals surface area contributed by atoms with Crippen LogP contribution in [0.2, 0.25) is 0 Å². The topological polar surface area (TPSA) is 57.8 Å². The van der Waals surface area contributed by atoms with Crippen molar-refractivity contribution in [2.45, 2.75) is 52.5 Å². The molecule has 0 spiro atoms. The van der Waals surface area contributed by atoms with Gasteiger partial charge in [0.1, 0.15) is 5.69 Å². The van der Waals surface area contributed by atoms with E-state index in [0.29, 0.717) is 25.0 Å². The molecule has 0 aliphatic heterocycles. The number of hydrogen-bond donors (Lipinski definition) is 0. The Bertz CT molecular complexity index is 654.